The summed E-state index contributed by atoms with van der Waals surface area (Å²) in [7, 11) is 0. The van der Waals surface area contributed by atoms with Crippen molar-refractivity contribution in [3.8, 4) is 0 Å². The number of benzene rings is 3. The lowest BCUT2D eigenvalue weighted by Crippen LogP contribution is -2.71. The summed E-state index contributed by atoms with van der Waals surface area (Å²) in [5, 5.41) is 20.0. The van der Waals surface area contributed by atoms with E-state index in [-0.39, 0.29) is 5.69 Å². The third-order valence-electron chi connectivity index (χ3n) is 6.88. The zero-order valence-electron chi connectivity index (χ0n) is 19.7. The molecule has 0 atom stereocenters. The Bertz CT molecular complexity index is 1280. The highest BCUT2D eigenvalue weighted by atomic mass is 16.6. The Balaban J connectivity index is 1.64. The first-order chi connectivity index (χ1) is 17.1. The lowest BCUT2D eigenvalue weighted by atomic mass is 9.40. The van der Waals surface area contributed by atoms with Crippen molar-refractivity contribution in [3.05, 3.63) is 106 Å². The van der Waals surface area contributed by atoms with Crippen LogP contribution in [0.15, 0.2) is 107 Å². The van der Waals surface area contributed by atoms with Gasteiger partial charge >= 0.3 is 6.48 Å². The van der Waals surface area contributed by atoms with Crippen LogP contribution in [0.2, 0.25) is 0 Å². The second kappa shape index (κ2) is 9.66. The summed E-state index contributed by atoms with van der Waals surface area (Å²) >= 11 is 0. The van der Waals surface area contributed by atoms with Crippen molar-refractivity contribution >= 4 is 34.5 Å². The van der Waals surface area contributed by atoms with E-state index in [4.69, 9.17) is 4.65 Å². The van der Waals surface area contributed by atoms with E-state index in [1.165, 1.54) is 12.1 Å². The van der Waals surface area contributed by atoms with Gasteiger partial charge < -0.3 is 9.14 Å². The van der Waals surface area contributed by atoms with E-state index in [0.717, 1.165) is 60.3 Å². The van der Waals surface area contributed by atoms with Crippen molar-refractivity contribution in [2.75, 3.05) is 6.54 Å². The van der Waals surface area contributed by atoms with Gasteiger partial charge in [-0.15, -0.1) is 5.11 Å². The summed E-state index contributed by atoms with van der Waals surface area (Å²) in [6.45, 7) is 1.13. The maximum Gasteiger partial charge on any atom is 0.508 e. The van der Waals surface area contributed by atoms with Gasteiger partial charge in [0.2, 0.25) is 0 Å². The van der Waals surface area contributed by atoms with Gasteiger partial charge in [0.15, 0.2) is 11.4 Å². The molecule has 0 saturated carbocycles. The quantitative estimate of drug-likeness (QED) is 0.224. The Labute approximate surface area is 204 Å². The fourth-order valence-electron chi connectivity index (χ4n) is 5.26. The minimum atomic E-state index is -1.70. The number of non-ortho nitro benzene ring substituents is 1. The maximum absolute atomic E-state index is 11.0. The number of nitrogens with zero attached hydrogens (tertiary/aromatic N) is 4. The zero-order valence-corrected chi connectivity index (χ0v) is 19.7. The van der Waals surface area contributed by atoms with Crippen molar-refractivity contribution in [2.24, 2.45) is 10.2 Å². The van der Waals surface area contributed by atoms with E-state index in [1.807, 2.05) is 19.1 Å². The molecule has 2 heterocycles. The minimum absolute atomic E-state index is 0.0304. The van der Waals surface area contributed by atoms with E-state index >= 15 is 0 Å². The first kappa shape index (κ1) is 22.7. The molecular weight excluding hydrogens is 439 g/mol. The van der Waals surface area contributed by atoms with Gasteiger partial charge in [-0.1, -0.05) is 71.6 Å². The van der Waals surface area contributed by atoms with Gasteiger partial charge in [0.05, 0.1) is 22.9 Å². The van der Waals surface area contributed by atoms with Crippen LogP contribution in [0.3, 0.4) is 0 Å². The average molecular weight is 466 g/mol. The van der Waals surface area contributed by atoms with E-state index in [1.54, 1.807) is 12.1 Å². The highest BCUT2D eigenvalue weighted by Crippen LogP contribution is 2.30. The van der Waals surface area contributed by atoms with Crippen molar-refractivity contribution < 1.29 is 14.1 Å². The molecule has 35 heavy (non-hydrogen) atoms. The molecule has 5 rings (SSSR count). The molecule has 2 aliphatic rings. The highest BCUT2D eigenvalue weighted by molar-refractivity contribution is 6.92. The molecule has 2 aliphatic heterocycles. The molecule has 0 fully saturated rings. The molecule has 0 radical (unpaired) electrons. The number of allylic oxidation sites excluding steroid dienone is 2. The van der Waals surface area contributed by atoms with Crippen molar-refractivity contribution in [1.29, 1.82) is 0 Å². The predicted octanol–water partition coefficient (Wildman–Crippen LogP) is 5.22. The zero-order chi connectivity index (χ0) is 24.3. The van der Waals surface area contributed by atoms with Crippen LogP contribution in [-0.4, -0.2) is 28.2 Å². The fraction of sp³-hybridized carbons (Fsp3) is 0.222. The lowest BCUT2D eigenvalue weighted by molar-refractivity contribution is -0.413. The molecule has 3 aromatic carbocycles. The third kappa shape index (κ3) is 4.27. The van der Waals surface area contributed by atoms with Crippen LogP contribution in [0.5, 0.6) is 0 Å². The van der Waals surface area contributed by atoms with Crippen LogP contribution in [-0.2, 0) is 4.65 Å². The molecule has 8 heteroatoms. The molecule has 0 N–H and O–H groups in total. The molecule has 0 saturated heterocycles. The molecule has 0 unspecified atom stereocenters. The Hall–Kier alpha value is -4.07. The monoisotopic (exact) mass is 466 g/mol. The summed E-state index contributed by atoms with van der Waals surface area (Å²) in [6.07, 6.45) is 4.17. The molecule has 0 amide bonds. The van der Waals surface area contributed by atoms with E-state index in [0.29, 0.717) is 5.69 Å². The predicted molar refractivity (Wildman–Crippen MR) is 138 cm³/mol. The standard InChI is InChI=1S/C27H27BN4O3/c1-21-27(30-29-24-16-18-25(19-17-24)32(33)34)26-15-9-4-10-20-31(26)28(35-21,22-11-5-2-6-12-22)23-13-7-3-8-14-23/h2-3,5-8,11-14,16-19H,4,9-10,15,20H2,1H3. The van der Waals surface area contributed by atoms with Crippen LogP contribution in [0, 0.1) is 10.1 Å². The van der Waals surface area contributed by atoms with Gasteiger partial charge in [0.25, 0.3) is 5.69 Å². The number of hydrogen-bond donors (Lipinski definition) is 0. The molecule has 0 bridgehead atoms. The summed E-state index contributed by atoms with van der Waals surface area (Å²) < 4.78 is 9.35. The van der Waals surface area contributed by atoms with Gasteiger partial charge in [0, 0.05) is 25.0 Å². The number of hydrogen-bond acceptors (Lipinski definition) is 5. The lowest BCUT2D eigenvalue weighted by Gasteiger charge is -2.43. The molecule has 176 valence electrons. The molecule has 0 aromatic heterocycles. The molecule has 0 spiro atoms. The Morgan fingerprint density at radius 1 is 0.857 bits per heavy atom. The topological polar surface area (TPSA) is 80.1 Å². The van der Waals surface area contributed by atoms with Crippen LogP contribution in [0.25, 0.3) is 0 Å². The summed E-state index contributed by atoms with van der Waals surface area (Å²) in [6, 6.07) is 27.0. The Morgan fingerprint density at radius 2 is 1.49 bits per heavy atom. The second-order valence-electron chi connectivity index (χ2n) is 9.01. The number of nitro groups is 1. The van der Waals surface area contributed by atoms with Crippen LogP contribution in [0.4, 0.5) is 11.4 Å². The molecule has 0 aliphatic carbocycles. The minimum Gasteiger partial charge on any atom is -0.653 e. The van der Waals surface area contributed by atoms with Gasteiger partial charge in [-0.3, -0.25) is 10.1 Å². The van der Waals surface area contributed by atoms with Gasteiger partial charge in [0.1, 0.15) is 0 Å². The Kier molecular flexibility index (Phi) is 6.27. The van der Waals surface area contributed by atoms with Crippen LogP contribution < -0.4 is 10.9 Å². The van der Waals surface area contributed by atoms with Crippen molar-refractivity contribution in [2.45, 2.75) is 32.6 Å². The third-order valence-corrected chi connectivity index (χ3v) is 6.88. The van der Waals surface area contributed by atoms with E-state index < -0.39 is 11.4 Å². The normalized spacial score (nSPS) is 17.6. The maximum atomic E-state index is 11.0. The molecule has 7 nitrogen and oxygen atoms in total. The van der Waals surface area contributed by atoms with E-state index in [9.17, 15) is 10.1 Å². The SMILES string of the molecule is CC1=C(N=Nc2ccc([N+](=O)[O-])cc2)C2=[N+](CCCCC2)[B-](c2ccccc2)(c2ccccc2)O1. The summed E-state index contributed by atoms with van der Waals surface area (Å²) in [5.41, 5.74) is 4.74. The first-order valence-electron chi connectivity index (χ1n) is 12.0. The van der Waals surface area contributed by atoms with Crippen LogP contribution >= 0.6 is 0 Å². The average Bonchev–Trinajstić information content (AvgIpc) is 3.16. The van der Waals surface area contributed by atoms with Crippen molar-refractivity contribution in [1.82, 2.24) is 0 Å². The van der Waals surface area contributed by atoms with Crippen molar-refractivity contribution in [3.63, 3.8) is 0 Å². The highest BCUT2D eigenvalue weighted by Gasteiger charge is 2.50. The molecule has 3 aromatic rings. The first-order valence-corrected chi connectivity index (χ1v) is 12.0. The summed E-state index contributed by atoms with van der Waals surface area (Å²) in [5.74, 6) is 0.733. The van der Waals surface area contributed by atoms with Gasteiger partial charge in [-0.2, -0.15) is 5.11 Å². The molecular formula is C27H27BN4O3. The fourth-order valence-corrected chi connectivity index (χ4v) is 5.26. The smallest absolute Gasteiger partial charge is 0.508 e. The van der Waals surface area contributed by atoms with Gasteiger partial charge in [-0.05, 0) is 31.9 Å². The summed E-state index contributed by atoms with van der Waals surface area (Å²) in [4.78, 5) is 10.5. The van der Waals surface area contributed by atoms with Gasteiger partial charge in [-0.25, -0.2) is 0 Å². The largest absolute Gasteiger partial charge is 0.653 e. The van der Waals surface area contributed by atoms with Crippen LogP contribution in [0.1, 0.15) is 32.6 Å². The number of nitro benzene ring substituents is 1. The number of rotatable bonds is 5. The number of azo groups is 1. The van der Waals surface area contributed by atoms with E-state index in [2.05, 4.69) is 63.2 Å². The Morgan fingerprint density at radius 3 is 2.09 bits per heavy atom. The second-order valence-corrected chi connectivity index (χ2v) is 9.01.